The number of sulfone groups is 1. The van der Waals surface area contributed by atoms with Gasteiger partial charge in [-0.15, -0.1) is 0 Å². The van der Waals surface area contributed by atoms with Gasteiger partial charge in [0, 0.05) is 24.4 Å². The number of likely N-dealkylation sites (N-methyl/N-ethyl adjacent to an activating group) is 1. The Labute approximate surface area is 224 Å². The molecule has 0 aliphatic carbocycles. The molecule has 38 heavy (non-hydrogen) atoms. The van der Waals surface area contributed by atoms with Gasteiger partial charge in [0.25, 0.3) is 0 Å². The molecular formula is C30H35NO6S. The first kappa shape index (κ1) is 27.5. The highest BCUT2D eigenvalue weighted by Crippen LogP contribution is 2.37. The first-order valence-electron chi connectivity index (χ1n) is 12.6. The zero-order chi connectivity index (χ0) is 27.3. The van der Waals surface area contributed by atoms with E-state index in [4.69, 9.17) is 18.6 Å². The number of hydrogen-bond acceptors (Lipinski definition) is 7. The van der Waals surface area contributed by atoms with E-state index in [9.17, 15) is 8.42 Å². The molecule has 4 aromatic rings. The van der Waals surface area contributed by atoms with Gasteiger partial charge in [0.2, 0.25) is 9.84 Å². The summed E-state index contributed by atoms with van der Waals surface area (Å²) in [5.74, 6) is 2.47. The van der Waals surface area contributed by atoms with Crippen LogP contribution in [-0.4, -0.2) is 54.3 Å². The van der Waals surface area contributed by atoms with Crippen LogP contribution in [0.2, 0.25) is 0 Å². The molecule has 3 aromatic carbocycles. The first-order chi connectivity index (χ1) is 18.2. The highest BCUT2D eigenvalue weighted by molar-refractivity contribution is 7.91. The van der Waals surface area contributed by atoms with Gasteiger partial charge in [0.15, 0.2) is 11.5 Å². The second-order valence-corrected chi connectivity index (χ2v) is 11.4. The van der Waals surface area contributed by atoms with E-state index in [1.807, 2.05) is 51.2 Å². The Balaban J connectivity index is 1.36. The van der Waals surface area contributed by atoms with Crippen molar-refractivity contribution >= 4 is 20.8 Å². The second-order valence-electron chi connectivity index (χ2n) is 9.51. The lowest BCUT2D eigenvalue weighted by atomic mass is 10.1. The average Bonchev–Trinajstić information content (AvgIpc) is 3.33. The Bertz CT molecular complexity index is 1470. The zero-order valence-electron chi connectivity index (χ0n) is 22.6. The Morgan fingerprint density at radius 3 is 2.29 bits per heavy atom. The van der Waals surface area contributed by atoms with Crippen LogP contribution in [0.4, 0.5) is 0 Å². The summed E-state index contributed by atoms with van der Waals surface area (Å²) in [5.41, 5.74) is 1.74. The molecule has 202 valence electrons. The standard InChI is InChI=1S/C30H35NO6S/c1-21(2)29-30(25-8-6-7-9-26(25)37-29)38(32,33)24-13-11-23(12-14-24)36-19-18-31(3)17-16-22-10-15-27(34-4)28(20-22)35-5/h6-15,20-21H,16-19H2,1-5H3. The van der Waals surface area contributed by atoms with Gasteiger partial charge in [-0.2, -0.15) is 0 Å². The third-order valence-corrected chi connectivity index (χ3v) is 8.33. The molecule has 7 nitrogen and oxygen atoms in total. The summed E-state index contributed by atoms with van der Waals surface area (Å²) in [4.78, 5) is 2.64. The molecule has 0 spiro atoms. The molecule has 0 amide bonds. The minimum atomic E-state index is -3.77. The van der Waals surface area contributed by atoms with Crippen LogP contribution in [0, 0.1) is 0 Å². The summed E-state index contributed by atoms with van der Waals surface area (Å²) < 4.78 is 49.7. The maximum Gasteiger partial charge on any atom is 0.210 e. The van der Waals surface area contributed by atoms with Crippen LogP contribution in [0.1, 0.15) is 31.1 Å². The van der Waals surface area contributed by atoms with Gasteiger partial charge in [-0.05, 0) is 67.6 Å². The van der Waals surface area contributed by atoms with Gasteiger partial charge >= 0.3 is 0 Å². The molecule has 1 heterocycles. The summed E-state index contributed by atoms with van der Waals surface area (Å²) in [7, 11) is 1.54. The molecular weight excluding hydrogens is 502 g/mol. The monoisotopic (exact) mass is 537 g/mol. The Morgan fingerprint density at radius 1 is 0.895 bits per heavy atom. The summed E-state index contributed by atoms with van der Waals surface area (Å²) in [5, 5.41) is 0.604. The van der Waals surface area contributed by atoms with E-state index in [0.29, 0.717) is 29.1 Å². The van der Waals surface area contributed by atoms with Crippen LogP contribution in [0.5, 0.6) is 17.2 Å². The van der Waals surface area contributed by atoms with Crippen LogP contribution in [0.15, 0.2) is 80.9 Å². The summed E-state index contributed by atoms with van der Waals surface area (Å²) in [6.45, 7) is 5.93. The molecule has 1 aromatic heterocycles. The maximum atomic E-state index is 13.6. The van der Waals surface area contributed by atoms with Crippen molar-refractivity contribution in [1.29, 1.82) is 0 Å². The van der Waals surface area contributed by atoms with Gasteiger partial charge in [-0.1, -0.05) is 32.0 Å². The van der Waals surface area contributed by atoms with Crippen LogP contribution in [0.3, 0.4) is 0 Å². The van der Waals surface area contributed by atoms with E-state index in [2.05, 4.69) is 4.90 Å². The van der Waals surface area contributed by atoms with Gasteiger partial charge in [0.05, 0.1) is 19.1 Å². The predicted octanol–water partition coefficient (Wildman–Crippen LogP) is 5.96. The number of para-hydroxylation sites is 1. The number of fused-ring (bicyclic) bond motifs is 1. The number of ether oxygens (including phenoxy) is 3. The number of rotatable bonds is 12. The third kappa shape index (κ3) is 5.97. The predicted molar refractivity (Wildman–Crippen MR) is 148 cm³/mol. The van der Waals surface area contributed by atoms with Crippen LogP contribution < -0.4 is 14.2 Å². The molecule has 0 saturated heterocycles. The van der Waals surface area contributed by atoms with Crippen molar-refractivity contribution < 1.29 is 27.0 Å². The fraction of sp³-hybridized carbons (Fsp3) is 0.333. The van der Waals surface area contributed by atoms with E-state index >= 15 is 0 Å². The van der Waals surface area contributed by atoms with E-state index < -0.39 is 9.84 Å². The minimum Gasteiger partial charge on any atom is -0.493 e. The summed E-state index contributed by atoms with van der Waals surface area (Å²) in [6.07, 6.45) is 0.866. The number of hydrogen-bond donors (Lipinski definition) is 0. The van der Waals surface area contributed by atoms with Crippen LogP contribution in [-0.2, 0) is 16.3 Å². The van der Waals surface area contributed by atoms with E-state index in [0.717, 1.165) is 31.0 Å². The minimum absolute atomic E-state index is 0.0708. The topological polar surface area (TPSA) is 78.2 Å². The number of nitrogens with zero attached hydrogens (tertiary/aromatic N) is 1. The first-order valence-corrected chi connectivity index (χ1v) is 14.1. The molecule has 0 aliphatic rings. The van der Waals surface area contributed by atoms with Crippen LogP contribution in [0.25, 0.3) is 11.0 Å². The van der Waals surface area contributed by atoms with Crippen molar-refractivity contribution in [2.45, 2.75) is 36.0 Å². The van der Waals surface area contributed by atoms with Crippen molar-refractivity contribution in [3.8, 4) is 17.2 Å². The largest absolute Gasteiger partial charge is 0.493 e. The van der Waals surface area contributed by atoms with Crippen molar-refractivity contribution in [1.82, 2.24) is 4.90 Å². The molecule has 0 fully saturated rings. The van der Waals surface area contributed by atoms with Gasteiger partial charge in [0.1, 0.15) is 28.6 Å². The Hall–Kier alpha value is -3.49. The maximum absolute atomic E-state index is 13.6. The second kappa shape index (κ2) is 11.9. The van der Waals surface area contributed by atoms with Gasteiger partial charge in [-0.3, -0.25) is 0 Å². The molecule has 0 unspecified atom stereocenters. The van der Waals surface area contributed by atoms with E-state index in [-0.39, 0.29) is 15.7 Å². The highest BCUT2D eigenvalue weighted by atomic mass is 32.2. The molecule has 0 saturated carbocycles. The zero-order valence-corrected chi connectivity index (χ0v) is 23.4. The Kier molecular flexibility index (Phi) is 8.64. The van der Waals surface area contributed by atoms with Crippen molar-refractivity contribution in [3.05, 3.63) is 78.1 Å². The molecule has 0 radical (unpaired) electrons. The van der Waals surface area contributed by atoms with E-state index in [1.165, 1.54) is 5.56 Å². The highest BCUT2D eigenvalue weighted by Gasteiger charge is 2.29. The lowest BCUT2D eigenvalue weighted by Gasteiger charge is -2.17. The van der Waals surface area contributed by atoms with Crippen molar-refractivity contribution in [2.75, 3.05) is 41.0 Å². The normalized spacial score (nSPS) is 11.9. The molecule has 0 aliphatic heterocycles. The summed E-state index contributed by atoms with van der Waals surface area (Å²) in [6, 6.07) is 19.8. The SMILES string of the molecule is COc1ccc(CCN(C)CCOc2ccc(S(=O)(=O)c3c(C(C)C)oc4ccccc34)cc2)cc1OC. The lowest BCUT2D eigenvalue weighted by molar-refractivity contribution is 0.239. The van der Waals surface area contributed by atoms with E-state index in [1.54, 1.807) is 50.6 Å². The van der Waals surface area contributed by atoms with Gasteiger partial charge < -0.3 is 23.5 Å². The van der Waals surface area contributed by atoms with Gasteiger partial charge in [-0.25, -0.2) is 8.42 Å². The molecule has 0 bridgehead atoms. The van der Waals surface area contributed by atoms with Crippen molar-refractivity contribution in [2.24, 2.45) is 0 Å². The van der Waals surface area contributed by atoms with Crippen LogP contribution >= 0.6 is 0 Å². The number of furan rings is 1. The van der Waals surface area contributed by atoms with Crippen molar-refractivity contribution in [3.63, 3.8) is 0 Å². The fourth-order valence-corrected chi connectivity index (χ4v) is 6.05. The quantitative estimate of drug-likeness (QED) is 0.221. The molecule has 8 heteroatoms. The fourth-order valence-electron chi connectivity index (χ4n) is 4.32. The average molecular weight is 538 g/mol. The third-order valence-electron chi connectivity index (χ3n) is 6.47. The molecule has 0 N–H and O–H groups in total. The summed E-state index contributed by atoms with van der Waals surface area (Å²) >= 11 is 0. The molecule has 4 rings (SSSR count). The number of methoxy groups -OCH3 is 2. The lowest BCUT2D eigenvalue weighted by Crippen LogP contribution is -2.26. The smallest absolute Gasteiger partial charge is 0.210 e. The Morgan fingerprint density at radius 2 is 1.61 bits per heavy atom. The molecule has 0 atom stereocenters. The number of benzene rings is 3.